The molecule has 10 nitrogen and oxygen atoms in total. The van der Waals surface area contributed by atoms with Gasteiger partial charge in [-0.3, -0.25) is 0 Å². The highest BCUT2D eigenvalue weighted by atomic mass is 16.5. The maximum Gasteiger partial charge on any atom is 0.414 e. The van der Waals surface area contributed by atoms with Crippen LogP contribution in [0.5, 0.6) is 28.7 Å². The Bertz CT molecular complexity index is 862. The van der Waals surface area contributed by atoms with Crippen LogP contribution in [-0.4, -0.2) is 64.2 Å². The number of carboxylic acids is 2. The molecule has 0 aliphatic carbocycles. The van der Waals surface area contributed by atoms with Crippen LogP contribution in [0.25, 0.3) is 0 Å². The van der Waals surface area contributed by atoms with Crippen LogP contribution in [0.1, 0.15) is 11.1 Å². The first-order valence-corrected chi connectivity index (χ1v) is 9.47. The molecule has 0 bridgehead atoms. The van der Waals surface area contributed by atoms with E-state index in [4.69, 9.17) is 43.5 Å². The van der Waals surface area contributed by atoms with E-state index in [2.05, 4.69) is 5.32 Å². The zero-order valence-electron chi connectivity index (χ0n) is 18.8. The van der Waals surface area contributed by atoms with Gasteiger partial charge in [0.1, 0.15) is 0 Å². The molecular weight excluding hydrogens is 422 g/mol. The minimum atomic E-state index is -1.82. The van der Waals surface area contributed by atoms with E-state index in [1.54, 1.807) is 35.5 Å². The predicted molar refractivity (Wildman–Crippen MR) is 116 cm³/mol. The molecule has 0 unspecified atom stereocenters. The molecule has 10 heteroatoms. The van der Waals surface area contributed by atoms with Crippen molar-refractivity contribution in [2.24, 2.45) is 0 Å². The van der Waals surface area contributed by atoms with Gasteiger partial charge in [-0.15, -0.1) is 0 Å². The Morgan fingerprint density at radius 1 is 0.719 bits per heavy atom. The zero-order valence-corrected chi connectivity index (χ0v) is 18.8. The Hall–Kier alpha value is -3.66. The molecule has 0 aromatic heterocycles. The number of carboxylic acid groups (broad SMARTS) is 2. The number of rotatable bonds is 10. The van der Waals surface area contributed by atoms with Gasteiger partial charge in [-0.05, 0) is 48.4 Å². The third-order valence-electron chi connectivity index (χ3n) is 4.27. The molecule has 0 fully saturated rings. The molecule has 0 heterocycles. The van der Waals surface area contributed by atoms with Gasteiger partial charge in [0, 0.05) is 6.54 Å². The second-order valence-electron chi connectivity index (χ2n) is 6.26. The largest absolute Gasteiger partial charge is 0.493 e. The summed E-state index contributed by atoms with van der Waals surface area (Å²) in [6.07, 6.45) is 0.880. The van der Waals surface area contributed by atoms with Crippen molar-refractivity contribution in [3.63, 3.8) is 0 Å². The van der Waals surface area contributed by atoms with E-state index >= 15 is 0 Å². The molecular formula is C22H29NO9. The molecule has 2 rings (SSSR count). The Labute approximate surface area is 186 Å². The van der Waals surface area contributed by atoms with Crippen molar-refractivity contribution in [3.8, 4) is 28.7 Å². The minimum Gasteiger partial charge on any atom is -0.493 e. The minimum absolute atomic E-state index is 0.601. The maximum atomic E-state index is 9.10. The molecule has 0 saturated heterocycles. The molecule has 0 aliphatic rings. The van der Waals surface area contributed by atoms with E-state index in [9.17, 15) is 0 Å². The van der Waals surface area contributed by atoms with E-state index in [1.807, 2.05) is 30.3 Å². The number of aliphatic carboxylic acids is 2. The fourth-order valence-electron chi connectivity index (χ4n) is 2.74. The quantitative estimate of drug-likeness (QED) is 0.365. The number of carbonyl (C=O) groups is 2. The average Bonchev–Trinajstić information content (AvgIpc) is 2.81. The highest BCUT2D eigenvalue weighted by molar-refractivity contribution is 6.27. The predicted octanol–water partition coefficient (Wildman–Crippen LogP) is 2.22. The SMILES string of the molecule is COc1ccc(CCNCc2cc(OC)c(OC)c(OC)c2)cc1OC.O=C(O)C(=O)O. The van der Waals surface area contributed by atoms with Crippen molar-refractivity contribution in [1.82, 2.24) is 5.32 Å². The van der Waals surface area contributed by atoms with Gasteiger partial charge in [0.15, 0.2) is 23.0 Å². The summed E-state index contributed by atoms with van der Waals surface area (Å²) in [5.74, 6) is -0.252. The van der Waals surface area contributed by atoms with Crippen molar-refractivity contribution in [2.45, 2.75) is 13.0 Å². The number of ether oxygens (including phenoxy) is 5. The van der Waals surface area contributed by atoms with Crippen LogP contribution in [0.2, 0.25) is 0 Å². The van der Waals surface area contributed by atoms with Crippen LogP contribution < -0.4 is 29.0 Å². The molecule has 3 N–H and O–H groups in total. The molecule has 0 radical (unpaired) electrons. The molecule has 0 atom stereocenters. The van der Waals surface area contributed by atoms with Crippen molar-refractivity contribution in [3.05, 3.63) is 41.5 Å². The molecule has 0 amide bonds. The zero-order chi connectivity index (χ0) is 24.1. The smallest absolute Gasteiger partial charge is 0.414 e. The lowest BCUT2D eigenvalue weighted by atomic mass is 10.1. The first-order valence-electron chi connectivity index (χ1n) is 9.47. The molecule has 0 saturated carbocycles. The number of benzene rings is 2. The van der Waals surface area contributed by atoms with Crippen LogP contribution in [0.4, 0.5) is 0 Å². The lowest BCUT2D eigenvalue weighted by Crippen LogP contribution is -2.17. The van der Waals surface area contributed by atoms with E-state index in [0.717, 1.165) is 30.0 Å². The van der Waals surface area contributed by atoms with Gasteiger partial charge in [0.2, 0.25) is 5.75 Å². The fourth-order valence-corrected chi connectivity index (χ4v) is 2.74. The summed E-state index contributed by atoms with van der Waals surface area (Å²) in [4.78, 5) is 18.2. The summed E-state index contributed by atoms with van der Waals surface area (Å²) >= 11 is 0. The van der Waals surface area contributed by atoms with Crippen LogP contribution >= 0.6 is 0 Å². The molecule has 176 valence electrons. The summed E-state index contributed by atoms with van der Waals surface area (Å²) in [6, 6.07) is 9.87. The van der Waals surface area contributed by atoms with Gasteiger partial charge >= 0.3 is 11.9 Å². The van der Waals surface area contributed by atoms with Crippen LogP contribution in [0, 0.1) is 0 Å². The van der Waals surface area contributed by atoms with Gasteiger partial charge in [0.05, 0.1) is 35.5 Å². The second-order valence-corrected chi connectivity index (χ2v) is 6.26. The maximum absolute atomic E-state index is 9.10. The van der Waals surface area contributed by atoms with Crippen LogP contribution in [0.15, 0.2) is 30.3 Å². The van der Waals surface area contributed by atoms with Crippen LogP contribution in [-0.2, 0) is 22.6 Å². The van der Waals surface area contributed by atoms with E-state index in [-0.39, 0.29) is 0 Å². The lowest BCUT2D eigenvalue weighted by Gasteiger charge is -2.14. The first-order chi connectivity index (χ1) is 15.3. The summed E-state index contributed by atoms with van der Waals surface area (Å²) in [7, 11) is 8.11. The van der Waals surface area contributed by atoms with Gasteiger partial charge in [-0.25, -0.2) is 9.59 Å². The Balaban J connectivity index is 0.000000751. The fraction of sp³-hybridized carbons (Fsp3) is 0.364. The second kappa shape index (κ2) is 13.6. The van der Waals surface area contributed by atoms with Crippen molar-refractivity contribution >= 4 is 11.9 Å². The summed E-state index contributed by atoms with van der Waals surface area (Å²) < 4.78 is 26.7. The Morgan fingerprint density at radius 3 is 1.66 bits per heavy atom. The standard InChI is InChI=1S/C20H27NO5.C2H2O4/c1-22-16-7-6-14(10-17(16)23-2)8-9-21-13-15-11-18(24-3)20(26-5)19(12-15)25-4;3-1(4)2(5)6/h6-7,10-12,21H,8-9,13H2,1-5H3;(H,3,4)(H,5,6). The third-order valence-corrected chi connectivity index (χ3v) is 4.27. The Kier molecular flexibility index (Phi) is 11.2. The molecule has 2 aromatic rings. The van der Waals surface area contributed by atoms with Crippen LogP contribution in [0.3, 0.4) is 0 Å². The summed E-state index contributed by atoms with van der Waals surface area (Å²) in [5.41, 5.74) is 2.24. The van der Waals surface area contributed by atoms with E-state index in [1.165, 1.54) is 5.56 Å². The van der Waals surface area contributed by atoms with Crippen molar-refractivity contribution in [2.75, 3.05) is 42.1 Å². The Morgan fingerprint density at radius 2 is 1.22 bits per heavy atom. The van der Waals surface area contributed by atoms with Crippen molar-refractivity contribution < 1.29 is 43.5 Å². The highest BCUT2D eigenvalue weighted by Gasteiger charge is 2.13. The number of hydrogen-bond donors (Lipinski definition) is 3. The van der Waals surface area contributed by atoms with E-state index < -0.39 is 11.9 Å². The lowest BCUT2D eigenvalue weighted by molar-refractivity contribution is -0.159. The van der Waals surface area contributed by atoms with Crippen molar-refractivity contribution in [1.29, 1.82) is 0 Å². The molecule has 2 aromatic carbocycles. The number of methoxy groups -OCH3 is 5. The highest BCUT2D eigenvalue weighted by Crippen LogP contribution is 2.38. The average molecular weight is 451 g/mol. The summed E-state index contributed by atoms with van der Waals surface area (Å²) in [5, 5.41) is 18.2. The molecule has 32 heavy (non-hydrogen) atoms. The normalized spacial score (nSPS) is 9.78. The monoisotopic (exact) mass is 451 g/mol. The topological polar surface area (TPSA) is 133 Å². The van der Waals surface area contributed by atoms with Gasteiger partial charge in [-0.1, -0.05) is 6.07 Å². The molecule has 0 aliphatic heterocycles. The first kappa shape index (κ1) is 26.4. The molecule has 0 spiro atoms. The third kappa shape index (κ3) is 7.88. The van der Waals surface area contributed by atoms with Gasteiger partial charge in [0.25, 0.3) is 0 Å². The van der Waals surface area contributed by atoms with Gasteiger partial charge in [-0.2, -0.15) is 0 Å². The number of hydrogen-bond acceptors (Lipinski definition) is 8. The number of nitrogens with one attached hydrogen (secondary N) is 1. The van der Waals surface area contributed by atoms with E-state index in [0.29, 0.717) is 23.8 Å². The van der Waals surface area contributed by atoms with Gasteiger partial charge < -0.3 is 39.2 Å². The summed E-state index contributed by atoms with van der Waals surface area (Å²) in [6.45, 7) is 1.52.